The van der Waals surface area contributed by atoms with E-state index in [2.05, 4.69) is 14.9 Å². The van der Waals surface area contributed by atoms with Crippen molar-refractivity contribution in [3.8, 4) is 0 Å². The molecule has 0 spiro atoms. The topological polar surface area (TPSA) is 49.3 Å². The van der Waals surface area contributed by atoms with E-state index in [9.17, 15) is 4.79 Å². The summed E-state index contributed by atoms with van der Waals surface area (Å²) in [5.41, 5.74) is 2.10. The largest absolute Gasteiger partial charge is 0.344 e. The summed E-state index contributed by atoms with van der Waals surface area (Å²) >= 11 is 1.50. The number of carbonyl (C=O) groups excluding carboxylic acids is 1. The van der Waals surface area contributed by atoms with Crippen LogP contribution in [0.3, 0.4) is 0 Å². The van der Waals surface area contributed by atoms with Crippen molar-refractivity contribution >= 4 is 27.6 Å². The molecule has 0 radical (unpaired) electrons. The van der Waals surface area contributed by atoms with Crippen molar-refractivity contribution in [1.29, 1.82) is 0 Å². The molecule has 0 bridgehead atoms. The van der Waals surface area contributed by atoms with Gasteiger partial charge < -0.3 is 9.80 Å². The van der Waals surface area contributed by atoms with E-state index >= 15 is 0 Å². The van der Waals surface area contributed by atoms with Crippen LogP contribution in [0.4, 0.5) is 0 Å². The Morgan fingerprint density at radius 3 is 2.46 bits per heavy atom. The van der Waals surface area contributed by atoms with E-state index in [-0.39, 0.29) is 5.91 Å². The number of aromatic nitrogens is 2. The van der Waals surface area contributed by atoms with Crippen LogP contribution in [0.5, 0.6) is 0 Å². The molecule has 1 saturated carbocycles. The number of nitrogens with zero attached hydrogens (tertiary/aromatic N) is 4. The Morgan fingerprint density at radius 1 is 1.08 bits per heavy atom. The highest BCUT2D eigenvalue weighted by Crippen LogP contribution is 2.40. The van der Waals surface area contributed by atoms with E-state index in [0.717, 1.165) is 52.8 Å². The molecule has 0 aromatic carbocycles. The molecule has 1 aliphatic carbocycles. The lowest BCUT2D eigenvalue weighted by Crippen LogP contribution is -2.42. The number of hydrogen-bond acceptors (Lipinski definition) is 5. The van der Waals surface area contributed by atoms with E-state index in [1.54, 1.807) is 17.3 Å². The number of hydrogen-bond donors (Lipinski definition) is 0. The summed E-state index contributed by atoms with van der Waals surface area (Å²) in [7, 11) is 3.64. The monoisotopic (exact) mass is 372 g/mol. The molecule has 1 saturated heterocycles. The Bertz CT molecular complexity index is 773. The summed E-state index contributed by atoms with van der Waals surface area (Å²) in [6.07, 6.45) is 12.6. The van der Waals surface area contributed by atoms with Gasteiger partial charge in [-0.2, -0.15) is 0 Å². The van der Waals surface area contributed by atoms with Gasteiger partial charge in [-0.25, -0.2) is 4.98 Å². The zero-order valence-corrected chi connectivity index (χ0v) is 16.6. The molecule has 0 N–H and O–H groups in total. The Morgan fingerprint density at radius 2 is 1.77 bits per heavy atom. The molecule has 2 aromatic rings. The first-order valence-electron chi connectivity index (χ1n) is 9.84. The molecule has 140 valence electrons. The number of piperidine rings is 1. The summed E-state index contributed by atoms with van der Waals surface area (Å²) in [5, 5.41) is 0. The first kappa shape index (κ1) is 17.9. The normalized spacial score (nSPS) is 20.5. The van der Waals surface area contributed by atoms with Gasteiger partial charge in [-0.15, -0.1) is 11.3 Å². The van der Waals surface area contributed by atoms with E-state index in [4.69, 9.17) is 0 Å². The molecule has 0 unspecified atom stereocenters. The van der Waals surface area contributed by atoms with Gasteiger partial charge in [0, 0.05) is 38.1 Å². The van der Waals surface area contributed by atoms with Crippen LogP contribution in [0.15, 0.2) is 12.4 Å². The van der Waals surface area contributed by atoms with Crippen LogP contribution in [0.1, 0.15) is 66.1 Å². The number of rotatable bonds is 3. The second-order valence-electron chi connectivity index (χ2n) is 7.86. The molecule has 4 rings (SSSR count). The number of thiophene rings is 1. The minimum Gasteiger partial charge on any atom is -0.344 e. The molecule has 6 heteroatoms. The highest BCUT2D eigenvalue weighted by molar-refractivity contribution is 7.20. The van der Waals surface area contributed by atoms with Gasteiger partial charge in [0.2, 0.25) is 0 Å². The SMILES string of the molecule is CN(C)C(=O)c1sc2nccnc2c1C1CCN(C2CCCCC2)CC1. The van der Waals surface area contributed by atoms with E-state index in [1.807, 2.05) is 14.1 Å². The molecule has 2 aliphatic rings. The Hall–Kier alpha value is -1.53. The molecular weight excluding hydrogens is 344 g/mol. The van der Waals surface area contributed by atoms with Crippen molar-refractivity contribution in [2.24, 2.45) is 0 Å². The minimum atomic E-state index is 0.0829. The molecule has 0 atom stereocenters. The number of fused-ring (bicyclic) bond motifs is 1. The maximum absolute atomic E-state index is 12.8. The summed E-state index contributed by atoms with van der Waals surface area (Å²) in [4.78, 5) is 27.9. The van der Waals surface area contributed by atoms with Gasteiger partial charge in [-0.05, 0) is 44.7 Å². The highest BCUT2D eigenvalue weighted by Gasteiger charge is 2.32. The van der Waals surface area contributed by atoms with Gasteiger partial charge in [0.05, 0.1) is 4.88 Å². The van der Waals surface area contributed by atoms with Gasteiger partial charge in [-0.3, -0.25) is 9.78 Å². The van der Waals surface area contributed by atoms with Crippen molar-refractivity contribution in [1.82, 2.24) is 19.8 Å². The Balaban J connectivity index is 1.58. The minimum absolute atomic E-state index is 0.0829. The standard InChI is InChI=1S/C20H28N4OS/c1-23(2)20(25)18-16(17-19(26-18)22-11-10-21-17)14-8-12-24(13-9-14)15-6-4-3-5-7-15/h10-11,14-15H,3-9,12-13H2,1-2H3. The van der Waals surface area contributed by atoms with Gasteiger partial charge in [0.15, 0.2) is 0 Å². The van der Waals surface area contributed by atoms with Crippen LogP contribution in [0.2, 0.25) is 0 Å². The summed E-state index contributed by atoms with van der Waals surface area (Å²) in [5.74, 6) is 0.499. The van der Waals surface area contributed by atoms with Gasteiger partial charge in [0.25, 0.3) is 5.91 Å². The summed E-state index contributed by atoms with van der Waals surface area (Å²) in [6.45, 7) is 2.28. The molecule has 26 heavy (non-hydrogen) atoms. The third-order valence-electron chi connectivity index (χ3n) is 5.99. The third kappa shape index (κ3) is 3.37. The molecule has 3 heterocycles. The molecule has 2 fully saturated rings. The van der Waals surface area contributed by atoms with Crippen LogP contribution in [-0.4, -0.2) is 58.9 Å². The van der Waals surface area contributed by atoms with E-state index < -0.39 is 0 Å². The Kier molecular flexibility index (Phi) is 5.23. The Labute approximate surface area is 159 Å². The zero-order chi connectivity index (χ0) is 18.1. The molecule has 2 aromatic heterocycles. The van der Waals surface area contributed by atoms with Crippen molar-refractivity contribution in [3.05, 3.63) is 22.8 Å². The van der Waals surface area contributed by atoms with Crippen LogP contribution >= 0.6 is 11.3 Å². The van der Waals surface area contributed by atoms with Crippen LogP contribution in [0, 0.1) is 0 Å². The predicted octanol–water partition coefficient (Wildman–Crippen LogP) is 3.91. The smallest absolute Gasteiger partial charge is 0.263 e. The predicted molar refractivity (Wildman–Crippen MR) is 106 cm³/mol. The molecular formula is C20H28N4OS. The molecule has 1 aliphatic heterocycles. The number of likely N-dealkylation sites (tertiary alicyclic amines) is 1. The van der Waals surface area contributed by atoms with Gasteiger partial charge in [0.1, 0.15) is 10.3 Å². The lowest BCUT2D eigenvalue weighted by molar-refractivity contribution is 0.0828. The van der Waals surface area contributed by atoms with Crippen LogP contribution < -0.4 is 0 Å². The van der Waals surface area contributed by atoms with Crippen molar-refractivity contribution in [2.75, 3.05) is 27.2 Å². The van der Waals surface area contributed by atoms with E-state index in [0.29, 0.717) is 5.92 Å². The lowest BCUT2D eigenvalue weighted by Gasteiger charge is -2.39. The van der Waals surface area contributed by atoms with Crippen molar-refractivity contribution in [3.63, 3.8) is 0 Å². The fourth-order valence-electron chi connectivity index (χ4n) is 4.58. The fourth-order valence-corrected chi connectivity index (χ4v) is 5.79. The first-order valence-corrected chi connectivity index (χ1v) is 10.7. The third-order valence-corrected chi connectivity index (χ3v) is 7.08. The zero-order valence-electron chi connectivity index (χ0n) is 15.8. The second kappa shape index (κ2) is 7.61. The second-order valence-corrected chi connectivity index (χ2v) is 8.86. The van der Waals surface area contributed by atoms with Crippen LogP contribution in [0.25, 0.3) is 10.3 Å². The van der Waals surface area contributed by atoms with Gasteiger partial charge >= 0.3 is 0 Å². The lowest BCUT2D eigenvalue weighted by atomic mass is 9.86. The van der Waals surface area contributed by atoms with Crippen LogP contribution in [-0.2, 0) is 0 Å². The summed E-state index contributed by atoms with van der Waals surface area (Å²) < 4.78 is 0. The average molecular weight is 373 g/mol. The fraction of sp³-hybridized carbons (Fsp3) is 0.650. The molecule has 5 nitrogen and oxygen atoms in total. The number of amides is 1. The van der Waals surface area contributed by atoms with E-state index in [1.165, 1.54) is 43.4 Å². The number of carbonyl (C=O) groups is 1. The van der Waals surface area contributed by atoms with Crippen molar-refractivity contribution < 1.29 is 4.79 Å². The quantitative estimate of drug-likeness (QED) is 0.820. The maximum Gasteiger partial charge on any atom is 0.263 e. The van der Waals surface area contributed by atoms with Gasteiger partial charge in [-0.1, -0.05) is 19.3 Å². The average Bonchev–Trinajstić information content (AvgIpc) is 3.07. The first-order chi connectivity index (χ1) is 12.6. The molecule has 1 amide bonds. The highest BCUT2D eigenvalue weighted by atomic mass is 32.1. The van der Waals surface area contributed by atoms with Crippen molar-refractivity contribution in [2.45, 2.75) is 56.9 Å². The summed E-state index contributed by atoms with van der Waals surface area (Å²) in [6, 6.07) is 0.784. The maximum atomic E-state index is 12.8.